The molecule has 1 heterocycles. The van der Waals surface area contributed by atoms with Gasteiger partial charge in [-0.1, -0.05) is 13.8 Å². The van der Waals surface area contributed by atoms with Gasteiger partial charge in [0, 0.05) is 6.54 Å². The van der Waals surface area contributed by atoms with E-state index in [1.54, 1.807) is 0 Å². The highest BCUT2D eigenvalue weighted by molar-refractivity contribution is 5.77. The van der Waals surface area contributed by atoms with E-state index in [0.29, 0.717) is 12.1 Å². The first kappa shape index (κ1) is 11.6. The molecule has 0 aliphatic rings. The van der Waals surface area contributed by atoms with Crippen molar-refractivity contribution in [2.75, 3.05) is 0 Å². The molecule has 0 unspecified atom stereocenters. The molecular formula is C12H13FN2O2. The van der Waals surface area contributed by atoms with Crippen molar-refractivity contribution in [3.05, 3.63) is 44.9 Å². The van der Waals surface area contributed by atoms with E-state index in [0.717, 1.165) is 10.6 Å². The maximum Gasteiger partial charge on any atom is 0.328 e. The molecule has 4 nitrogen and oxygen atoms in total. The van der Waals surface area contributed by atoms with E-state index in [4.69, 9.17) is 0 Å². The van der Waals surface area contributed by atoms with Crippen LogP contribution >= 0.6 is 0 Å². The van der Waals surface area contributed by atoms with Gasteiger partial charge < -0.3 is 4.98 Å². The summed E-state index contributed by atoms with van der Waals surface area (Å²) in [4.78, 5) is 26.3. The van der Waals surface area contributed by atoms with Crippen LogP contribution in [0.15, 0.2) is 27.8 Å². The van der Waals surface area contributed by atoms with Crippen molar-refractivity contribution >= 4 is 10.9 Å². The van der Waals surface area contributed by atoms with Gasteiger partial charge in [-0.2, -0.15) is 0 Å². The van der Waals surface area contributed by atoms with Gasteiger partial charge in [0.15, 0.2) is 0 Å². The first-order chi connectivity index (χ1) is 7.99. The van der Waals surface area contributed by atoms with Crippen LogP contribution in [-0.2, 0) is 6.54 Å². The van der Waals surface area contributed by atoms with E-state index in [-0.39, 0.29) is 11.3 Å². The van der Waals surface area contributed by atoms with Crippen molar-refractivity contribution < 1.29 is 4.39 Å². The van der Waals surface area contributed by atoms with Crippen LogP contribution in [0.3, 0.4) is 0 Å². The Kier molecular flexibility index (Phi) is 2.83. The van der Waals surface area contributed by atoms with Crippen molar-refractivity contribution in [2.45, 2.75) is 20.4 Å². The summed E-state index contributed by atoms with van der Waals surface area (Å²) in [7, 11) is 0. The van der Waals surface area contributed by atoms with E-state index < -0.39 is 17.1 Å². The summed E-state index contributed by atoms with van der Waals surface area (Å²) in [6.07, 6.45) is 0. The first-order valence-electron chi connectivity index (χ1n) is 5.41. The zero-order chi connectivity index (χ0) is 12.6. The number of halogens is 1. The van der Waals surface area contributed by atoms with Gasteiger partial charge >= 0.3 is 5.69 Å². The fourth-order valence-electron chi connectivity index (χ4n) is 1.75. The van der Waals surface area contributed by atoms with Gasteiger partial charge in [0.2, 0.25) is 0 Å². The Morgan fingerprint density at radius 3 is 2.71 bits per heavy atom. The topological polar surface area (TPSA) is 54.9 Å². The fourth-order valence-corrected chi connectivity index (χ4v) is 1.75. The van der Waals surface area contributed by atoms with Gasteiger partial charge in [0.25, 0.3) is 5.56 Å². The summed E-state index contributed by atoms with van der Waals surface area (Å²) in [5.41, 5.74) is -0.541. The highest BCUT2D eigenvalue weighted by Crippen LogP contribution is 2.07. The third kappa shape index (κ3) is 2.13. The lowest BCUT2D eigenvalue weighted by Crippen LogP contribution is -2.36. The number of hydrogen-bond donors (Lipinski definition) is 1. The summed E-state index contributed by atoms with van der Waals surface area (Å²) in [5.74, 6) is -0.322. The molecule has 90 valence electrons. The lowest BCUT2D eigenvalue weighted by molar-refractivity contribution is 0.496. The van der Waals surface area contributed by atoms with Gasteiger partial charge in [-0.3, -0.25) is 9.36 Å². The Morgan fingerprint density at radius 1 is 1.35 bits per heavy atom. The Bertz CT molecular complexity index is 670. The SMILES string of the molecule is CC(C)Cn1c(=O)[nH]c2ccc(F)cc2c1=O. The number of nitrogens with one attached hydrogen (secondary N) is 1. The van der Waals surface area contributed by atoms with Crippen LogP contribution in [0, 0.1) is 11.7 Å². The van der Waals surface area contributed by atoms with Crippen molar-refractivity contribution in [3.8, 4) is 0 Å². The molecule has 1 aromatic carbocycles. The van der Waals surface area contributed by atoms with Crippen LogP contribution in [0.2, 0.25) is 0 Å². The molecule has 0 aliphatic heterocycles. The quantitative estimate of drug-likeness (QED) is 0.858. The third-order valence-electron chi connectivity index (χ3n) is 2.49. The van der Waals surface area contributed by atoms with Gasteiger partial charge in [-0.15, -0.1) is 0 Å². The van der Waals surface area contributed by atoms with Crippen LogP contribution in [-0.4, -0.2) is 9.55 Å². The van der Waals surface area contributed by atoms with Crippen molar-refractivity contribution in [2.24, 2.45) is 5.92 Å². The summed E-state index contributed by atoms with van der Waals surface area (Å²) < 4.78 is 14.2. The predicted octanol–water partition coefficient (Wildman–Crippen LogP) is 1.48. The van der Waals surface area contributed by atoms with Crippen molar-refractivity contribution in [3.63, 3.8) is 0 Å². The molecule has 17 heavy (non-hydrogen) atoms. The number of rotatable bonds is 2. The average Bonchev–Trinajstić information content (AvgIpc) is 2.25. The predicted molar refractivity (Wildman–Crippen MR) is 63.6 cm³/mol. The Labute approximate surface area is 96.7 Å². The second-order valence-corrected chi connectivity index (χ2v) is 4.43. The summed E-state index contributed by atoms with van der Waals surface area (Å²) in [6.45, 7) is 4.13. The monoisotopic (exact) mass is 236 g/mol. The molecule has 5 heteroatoms. The minimum absolute atomic E-state index is 0.166. The Balaban J connectivity index is 2.78. The molecule has 0 saturated carbocycles. The van der Waals surface area contributed by atoms with Crippen LogP contribution in [0.5, 0.6) is 0 Å². The lowest BCUT2D eigenvalue weighted by atomic mass is 10.2. The molecular weight excluding hydrogens is 223 g/mol. The Hall–Kier alpha value is -1.91. The molecule has 2 aromatic rings. The highest BCUT2D eigenvalue weighted by Gasteiger charge is 2.09. The standard InChI is InChI=1S/C12H13FN2O2/c1-7(2)6-15-11(16)9-5-8(13)3-4-10(9)14-12(15)17/h3-5,7H,6H2,1-2H3,(H,14,17). The van der Waals surface area contributed by atoms with E-state index in [9.17, 15) is 14.0 Å². The number of H-pyrrole nitrogens is 1. The summed E-state index contributed by atoms with van der Waals surface area (Å²) >= 11 is 0. The maximum atomic E-state index is 13.1. The zero-order valence-corrected chi connectivity index (χ0v) is 9.66. The molecule has 1 N–H and O–H groups in total. The summed E-state index contributed by atoms with van der Waals surface area (Å²) in [6, 6.07) is 3.75. The molecule has 2 rings (SSSR count). The van der Waals surface area contributed by atoms with E-state index >= 15 is 0 Å². The molecule has 0 amide bonds. The third-order valence-corrected chi connectivity index (χ3v) is 2.49. The molecule has 0 aliphatic carbocycles. The number of aromatic amines is 1. The van der Waals surface area contributed by atoms with E-state index in [1.807, 2.05) is 13.8 Å². The van der Waals surface area contributed by atoms with Gasteiger partial charge in [-0.25, -0.2) is 9.18 Å². The highest BCUT2D eigenvalue weighted by atomic mass is 19.1. The molecule has 0 spiro atoms. The van der Waals surface area contributed by atoms with E-state index in [2.05, 4.69) is 4.98 Å². The normalized spacial score (nSPS) is 11.3. The van der Waals surface area contributed by atoms with Crippen LogP contribution in [0.4, 0.5) is 4.39 Å². The Morgan fingerprint density at radius 2 is 2.06 bits per heavy atom. The largest absolute Gasteiger partial charge is 0.328 e. The van der Waals surface area contributed by atoms with Crippen molar-refractivity contribution in [1.29, 1.82) is 0 Å². The van der Waals surface area contributed by atoms with Crippen molar-refractivity contribution in [1.82, 2.24) is 9.55 Å². The number of aromatic nitrogens is 2. The second-order valence-electron chi connectivity index (χ2n) is 4.43. The van der Waals surface area contributed by atoms with E-state index in [1.165, 1.54) is 12.1 Å². The zero-order valence-electron chi connectivity index (χ0n) is 9.66. The van der Waals surface area contributed by atoms with Crippen LogP contribution in [0.1, 0.15) is 13.8 Å². The maximum absolute atomic E-state index is 13.1. The number of benzene rings is 1. The van der Waals surface area contributed by atoms with Gasteiger partial charge in [0.05, 0.1) is 10.9 Å². The number of fused-ring (bicyclic) bond motifs is 1. The molecule has 0 bridgehead atoms. The summed E-state index contributed by atoms with van der Waals surface area (Å²) in [5, 5.41) is 0.199. The molecule has 0 atom stereocenters. The molecule has 0 radical (unpaired) electrons. The van der Waals surface area contributed by atoms with Gasteiger partial charge in [0.1, 0.15) is 5.82 Å². The second kappa shape index (κ2) is 4.16. The smallest absolute Gasteiger partial charge is 0.307 e. The average molecular weight is 236 g/mol. The molecule has 0 saturated heterocycles. The minimum atomic E-state index is -0.488. The minimum Gasteiger partial charge on any atom is -0.307 e. The molecule has 1 aromatic heterocycles. The first-order valence-corrected chi connectivity index (χ1v) is 5.41. The number of nitrogens with zero attached hydrogens (tertiary/aromatic N) is 1. The van der Waals surface area contributed by atoms with Crippen LogP contribution < -0.4 is 11.2 Å². The fraction of sp³-hybridized carbons (Fsp3) is 0.333. The van der Waals surface area contributed by atoms with Crippen LogP contribution in [0.25, 0.3) is 10.9 Å². The lowest BCUT2D eigenvalue weighted by Gasteiger charge is -2.08. The molecule has 0 fully saturated rings. The number of hydrogen-bond acceptors (Lipinski definition) is 2. The van der Waals surface area contributed by atoms with Gasteiger partial charge in [-0.05, 0) is 24.1 Å².